The second-order valence-electron chi connectivity index (χ2n) is 17.2. The van der Waals surface area contributed by atoms with Crippen LogP contribution >= 0.6 is 0 Å². The molecule has 0 radical (unpaired) electrons. The molecule has 2 aromatic heterocycles. The van der Waals surface area contributed by atoms with Gasteiger partial charge in [0, 0.05) is 55.5 Å². The molecule has 2 bridgehead atoms. The number of pyridine rings is 1. The van der Waals surface area contributed by atoms with Crippen LogP contribution in [-0.4, -0.2) is 75.2 Å². The maximum absolute atomic E-state index is 14.7. The largest absolute Gasteiger partial charge is 0.496 e. The number of carbonyl (C=O) groups is 2. The van der Waals surface area contributed by atoms with Crippen LogP contribution in [0.1, 0.15) is 109 Å². The number of ether oxygens (including phenoxy) is 2. The van der Waals surface area contributed by atoms with Gasteiger partial charge in [0.25, 0.3) is 0 Å². The molecule has 52 heavy (non-hydrogen) atoms. The fraction of sp³-hybridized carbons (Fsp3) is 0.619. The highest BCUT2D eigenvalue weighted by Gasteiger charge is 2.51. The Morgan fingerprint density at radius 2 is 1.69 bits per heavy atom. The molecule has 5 aliphatic rings. The Labute approximate surface area is 308 Å². The van der Waals surface area contributed by atoms with Gasteiger partial charge in [0.05, 0.1) is 18.9 Å². The molecule has 3 aromatic rings. The van der Waals surface area contributed by atoms with E-state index in [1.165, 1.54) is 11.1 Å². The fourth-order valence-electron chi connectivity index (χ4n) is 9.20. The van der Waals surface area contributed by atoms with E-state index in [9.17, 15) is 14.7 Å². The number of hydrogen-bond acceptors (Lipinski definition) is 7. The number of carbonyl (C=O) groups excluding carboxylic acids is 2. The number of aryl methyl sites for hydroxylation is 1. The minimum absolute atomic E-state index is 0.0457. The number of amides is 2. The van der Waals surface area contributed by atoms with E-state index < -0.39 is 5.60 Å². The predicted molar refractivity (Wildman–Crippen MR) is 201 cm³/mol. The number of hydrogen-bond donors (Lipinski definition) is 1. The predicted octanol–water partition coefficient (Wildman–Crippen LogP) is 7.87. The summed E-state index contributed by atoms with van der Waals surface area (Å²) in [5.41, 5.74) is 4.04. The highest BCUT2D eigenvalue weighted by molar-refractivity contribution is 5.95. The normalized spacial score (nSPS) is 26.3. The van der Waals surface area contributed by atoms with Crippen molar-refractivity contribution in [2.75, 3.05) is 31.6 Å². The van der Waals surface area contributed by atoms with Gasteiger partial charge in [-0.3, -0.25) is 14.4 Å². The van der Waals surface area contributed by atoms with Crippen LogP contribution in [0.15, 0.2) is 48.9 Å². The zero-order valence-electron chi connectivity index (χ0n) is 31.9. The van der Waals surface area contributed by atoms with Crippen LogP contribution in [0.3, 0.4) is 0 Å². The second kappa shape index (κ2) is 14.1. The number of likely N-dealkylation sites (tertiary alicyclic amines) is 1. The van der Waals surface area contributed by atoms with Crippen molar-refractivity contribution in [3.8, 4) is 16.9 Å². The molecule has 5 fully saturated rings. The van der Waals surface area contributed by atoms with Gasteiger partial charge < -0.3 is 19.5 Å². The molecule has 4 aliphatic carbocycles. The van der Waals surface area contributed by atoms with E-state index >= 15 is 0 Å². The van der Waals surface area contributed by atoms with Crippen LogP contribution in [0, 0.1) is 24.2 Å². The lowest BCUT2D eigenvalue weighted by molar-refractivity contribution is -0.124. The summed E-state index contributed by atoms with van der Waals surface area (Å²) < 4.78 is 13.4. The van der Waals surface area contributed by atoms with E-state index in [4.69, 9.17) is 14.5 Å². The van der Waals surface area contributed by atoms with E-state index in [-0.39, 0.29) is 46.8 Å². The Bertz CT molecular complexity index is 1740. The molecule has 280 valence electrons. The molecule has 8 rings (SSSR count). The number of methoxy groups -OCH3 is 1. The lowest BCUT2D eigenvalue weighted by atomic mass is 9.51. The van der Waals surface area contributed by atoms with Gasteiger partial charge in [0.1, 0.15) is 17.7 Å². The first-order valence-corrected chi connectivity index (χ1v) is 19.4. The summed E-state index contributed by atoms with van der Waals surface area (Å²) in [6.07, 6.45) is 14.5. The molecule has 0 unspecified atom stereocenters. The van der Waals surface area contributed by atoms with Gasteiger partial charge in [0.2, 0.25) is 5.91 Å². The Morgan fingerprint density at radius 1 is 1.00 bits per heavy atom. The van der Waals surface area contributed by atoms with Crippen molar-refractivity contribution in [1.29, 1.82) is 0 Å². The van der Waals surface area contributed by atoms with Crippen LogP contribution in [0.5, 0.6) is 5.75 Å². The van der Waals surface area contributed by atoms with Crippen molar-refractivity contribution < 1.29 is 24.2 Å². The van der Waals surface area contributed by atoms with E-state index in [0.29, 0.717) is 51.1 Å². The number of anilines is 1. The van der Waals surface area contributed by atoms with Gasteiger partial charge in [-0.05, 0) is 145 Å². The van der Waals surface area contributed by atoms with Crippen molar-refractivity contribution in [3.63, 3.8) is 0 Å². The minimum Gasteiger partial charge on any atom is -0.496 e. The van der Waals surface area contributed by atoms with Gasteiger partial charge in [0.15, 0.2) is 0 Å². The average molecular weight is 712 g/mol. The first-order valence-electron chi connectivity index (χ1n) is 19.4. The van der Waals surface area contributed by atoms with E-state index in [1.54, 1.807) is 25.9 Å². The second-order valence-corrected chi connectivity index (χ2v) is 17.2. The summed E-state index contributed by atoms with van der Waals surface area (Å²) in [5.74, 6) is 1.68. The Kier molecular flexibility index (Phi) is 9.91. The molecule has 3 heterocycles. The van der Waals surface area contributed by atoms with Gasteiger partial charge in [-0.1, -0.05) is 12.1 Å². The summed E-state index contributed by atoms with van der Waals surface area (Å²) >= 11 is 0. The van der Waals surface area contributed by atoms with Crippen LogP contribution in [0.25, 0.3) is 11.1 Å². The third-order valence-electron chi connectivity index (χ3n) is 13.1. The zero-order valence-corrected chi connectivity index (χ0v) is 31.9. The molecule has 1 aliphatic heterocycles. The maximum atomic E-state index is 14.7. The summed E-state index contributed by atoms with van der Waals surface area (Å²) in [7, 11) is 1.73. The Hall–Kier alpha value is -3.92. The minimum atomic E-state index is -0.806. The number of benzene rings is 1. The first-order chi connectivity index (χ1) is 24.8. The smallest absolute Gasteiger partial charge is 0.410 e. The van der Waals surface area contributed by atoms with E-state index in [2.05, 4.69) is 56.3 Å². The average Bonchev–Trinajstić information content (AvgIpc) is 3.62. The van der Waals surface area contributed by atoms with Gasteiger partial charge in [-0.2, -0.15) is 5.10 Å². The van der Waals surface area contributed by atoms with Gasteiger partial charge in [-0.25, -0.2) is 9.78 Å². The summed E-state index contributed by atoms with van der Waals surface area (Å²) in [5, 5.41) is 14.8. The summed E-state index contributed by atoms with van der Waals surface area (Å²) in [6.45, 7) is 11.6. The van der Waals surface area contributed by atoms with Crippen molar-refractivity contribution >= 4 is 17.8 Å². The van der Waals surface area contributed by atoms with Crippen LogP contribution in [0.2, 0.25) is 0 Å². The number of aromatic nitrogens is 3. The molecule has 1 N–H and O–H groups in total. The quantitative estimate of drug-likeness (QED) is 0.228. The van der Waals surface area contributed by atoms with Gasteiger partial charge >= 0.3 is 6.09 Å². The highest BCUT2D eigenvalue weighted by Crippen LogP contribution is 2.58. The number of aliphatic hydroxyl groups is 1. The molecular formula is C42H57N5O5. The van der Waals surface area contributed by atoms with Crippen LogP contribution in [-0.2, 0) is 14.9 Å². The third-order valence-corrected chi connectivity index (χ3v) is 13.1. The Morgan fingerprint density at radius 3 is 2.29 bits per heavy atom. The molecule has 0 spiro atoms. The maximum Gasteiger partial charge on any atom is 0.410 e. The van der Waals surface area contributed by atoms with Crippen LogP contribution < -0.4 is 9.64 Å². The SMILES string of the molecule is COc1ccc(C23CCC(CN(C(=O)C4CCC(OC(=O)N5CC(C(C)(C)O)C5)CC4)c4cc(-c5cnn(C(C)C)c5)ccn4)(CC2)CC3)cc1C. The summed E-state index contributed by atoms with van der Waals surface area (Å²) in [4.78, 5) is 36.1. The number of fused-ring (bicyclic) bond motifs is 3. The molecule has 4 saturated carbocycles. The van der Waals surface area contributed by atoms with Crippen molar-refractivity contribution in [1.82, 2.24) is 19.7 Å². The van der Waals surface area contributed by atoms with Crippen molar-refractivity contribution in [2.45, 2.75) is 122 Å². The zero-order chi connectivity index (χ0) is 36.8. The lowest BCUT2D eigenvalue weighted by Gasteiger charge is -2.55. The first kappa shape index (κ1) is 36.4. The fourth-order valence-corrected chi connectivity index (χ4v) is 9.20. The Balaban J connectivity index is 1.07. The topological polar surface area (TPSA) is 110 Å². The third kappa shape index (κ3) is 7.20. The molecule has 2 amide bonds. The molecule has 10 heteroatoms. The van der Waals surface area contributed by atoms with E-state index in [1.807, 2.05) is 28.0 Å². The molecular weight excluding hydrogens is 654 g/mol. The standard InChI is InChI=1S/C42H57N5O5/c1-28(2)47-24-32(23-44-47)31-13-20-43-37(22-31)46(27-41-14-17-42(18-15-41,19-16-41)33-9-12-36(51-6)29(3)21-33)38(48)30-7-10-35(11-8-30)52-39(49)45-25-34(26-45)40(4,5)50/h9,12-13,20-24,28,30,34-35,50H,7-8,10-11,14-19,25-27H2,1-6H3. The van der Waals surface area contributed by atoms with Gasteiger partial charge in [-0.15, -0.1) is 0 Å². The van der Waals surface area contributed by atoms with E-state index in [0.717, 1.165) is 55.4 Å². The summed E-state index contributed by atoms with van der Waals surface area (Å²) in [6, 6.07) is 11.0. The monoisotopic (exact) mass is 711 g/mol. The molecule has 1 saturated heterocycles. The number of nitrogens with zero attached hydrogens (tertiary/aromatic N) is 5. The number of rotatable bonds is 10. The molecule has 1 aromatic carbocycles. The highest BCUT2D eigenvalue weighted by atomic mass is 16.6. The molecule has 10 nitrogen and oxygen atoms in total. The lowest BCUT2D eigenvalue weighted by Crippen LogP contribution is -2.58. The molecule has 0 atom stereocenters. The van der Waals surface area contributed by atoms with Crippen molar-refractivity contribution in [2.24, 2.45) is 17.3 Å². The van der Waals surface area contributed by atoms with Crippen molar-refractivity contribution in [3.05, 3.63) is 60.0 Å². The van der Waals surface area contributed by atoms with Crippen LogP contribution in [0.4, 0.5) is 10.6 Å².